The van der Waals surface area contributed by atoms with Gasteiger partial charge in [0, 0.05) is 11.3 Å². The second-order valence-electron chi connectivity index (χ2n) is 4.83. The lowest BCUT2D eigenvalue weighted by Crippen LogP contribution is -2.24. The summed E-state index contributed by atoms with van der Waals surface area (Å²) in [6.45, 7) is 9.72. The molecule has 0 aliphatic carbocycles. The standard InChI is InChI=1S/C11H18N2O2/c1-7(10(14)15)9-6-12-13(8(9)2)11(3,4)5/h6-7H,1-5H3,(H,14,15). The van der Waals surface area contributed by atoms with E-state index in [1.165, 1.54) is 0 Å². The van der Waals surface area contributed by atoms with Gasteiger partial charge in [0.25, 0.3) is 0 Å². The van der Waals surface area contributed by atoms with Crippen molar-refractivity contribution in [3.8, 4) is 0 Å². The first kappa shape index (κ1) is 11.8. The zero-order valence-electron chi connectivity index (χ0n) is 9.90. The predicted molar refractivity (Wildman–Crippen MR) is 58.0 cm³/mol. The molecule has 0 saturated heterocycles. The number of hydrogen-bond acceptors (Lipinski definition) is 2. The van der Waals surface area contributed by atoms with E-state index in [1.54, 1.807) is 13.1 Å². The van der Waals surface area contributed by atoms with Gasteiger partial charge in [0.05, 0.1) is 17.7 Å². The minimum absolute atomic E-state index is 0.111. The molecule has 1 atom stereocenters. The smallest absolute Gasteiger partial charge is 0.310 e. The molecule has 0 radical (unpaired) electrons. The zero-order valence-corrected chi connectivity index (χ0v) is 9.90. The zero-order chi connectivity index (χ0) is 11.8. The molecular weight excluding hydrogens is 192 g/mol. The van der Waals surface area contributed by atoms with Gasteiger partial charge < -0.3 is 5.11 Å². The Morgan fingerprint density at radius 1 is 1.53 bits per heavy atom. The van der Waals surface area contributed by atoms with Gasteiger partial charge in [-0.15, -0.1) is 0 Å². The van der Waals surface area contributed by atoms with Gasteiger partial charge >= 0.3 is 5.97 Å². The van der Waals surface area contributed by atoms with Crippen LogP contribution in [0.3, 0.4) is 0 Å². The molecule has 1 unspecified atom stereocenters. The van der Waals surface area contributed by atoms with Crippen molar-refractivity contribution in [1.29, 1.82) is 0 Å². The average Bonchev–Trinajstić information content (AvgIpc) is 2.44. The maximum absolute atomic E-state index is 10.9. The summed E-state index contributed by atoms with van der Waals surface area (Å²) in [5, 5.41) is 13.2. The van der Waals surface area contributed by atoms with Crippen LogP contribution in [-0.2, 0) is 10.3 Å². The van der Waals surface area contributed by atoms with Crippen LogP contribution in [0.5, 0.6) is 0 Å². The molecule has 0 spiro atoms. The molecule has 4 nitrogen and oxygen atoms in total. The minimum Gasteiger partial charge on any atom is -0.481 e. The predicted octanol–water partition coefficient (Wildman–Crippen LogP) is 2.13. The molecule has 0 aliphatic heterocycles. The summed E-state index contributed by atoms with van der Waals surface area (Å²) >= 11 is 0. The van der Waals surface area contributed by atoms with Crippen LogP contribution in [0.4, 0.5) is 0 Å². The van der Waals surface area contributed by atoms with E-state index < -0.39 is 11.9 Å². The number of aliphatic carboxylic acids is 1. The molecule has 0 bridgehead atoms. The fraction of sp³-hybridized carbons (Fsp3) is 0.636. The van der Waals surface area contributed by atoms with E-state index in [4.69, 9.17) is 5.11 Å². The molecule has 4 heteroatoms. The van der Waals surface area contributed by atoms with Crippen molar-refractivity contribution < 1.29 is 9.90 Å². The second kappa shape index (κ2) is 3.68. The Kier molecular flexibility index (Phi) is 2.88. The Labute approximate surface area is 89.9 Å². The van der Waals surface area contributed by atoms with Gasteiger partial charge in [0.1, 0.15) is 0 Å². The van der Waals surface area contributed by atoms with Crippen molar-refractivity contribution in [2.24, 2.45) is 0 Å². The highest BCUT2D eigenvalue weighted by molar-refractivity contribution is 5.75. The van der Waals surface area contributed by atoms with E-state index in [1.807, 2.05) is 32.4 Å². The highest BCUT2D eigenvalue weighted by Crippen LogP contribution is 2.23. The molecule has 1 aromatic heterocycles. The lowest BCUT2D eigenvalue weighted by atomic mass is 10.0. The quantitative estimate of drug-likeness (QED) is 0.813. The van der Waals surface area contributed by atoms with Crippen molar-refractivity contribution in [3.63, 3.8) is 0 Å². The Bertz CT molecular complexity index is 374. The third-order valence-electron chi connectivity index (χ3n) is 2.52. The van der Waals surface area contributed by atoms with Gasteiger partial charge in [0.15, 0.2) is 0 Å². The van der Waals surface area contributed by atoms with E-state index in [2.05, 4.69) is 5.10 Å². The summed E-state index contributed by atoms with van der Waals surface area (Å²) in [5.41, 5.74) is 1.61. The molecule has 0 amide bonds. The van der Waals surface area contributed by atoms with Gasteiger partial charge in [-0.3, -0.25) is 9.48 Å². The number of carbonyl (C=O) groups is 1. The maximum atomic E-state index is 10.9. The van der Waals surface area contributed by atoms with Crippen LogP contribution >= 0.6 is 0 Å². The van der Waals surface area contributed by atoms with Crippen molar-refractivity contribution in [1.82, 2.24) is 9.78 Å². The molecule has 1 aromatic rings. The monoisotopic (exact) mass is 210 g/mol. The highest BCUT2D eigenvalue weighted by Gasteiger charge is 2.23. The fourth-order valence-corrected chi connectivity index (χ4v) is 1.66. The summed E-state index contributed by atoms with van der Waals surface area (Å²) in [5.74, 6) is -1.31. The number of nitrogens with zero attached hydrogens (tertiary/aromatic N) is 2. The highest BCUT2D eigenvalue weighted by atomic mass is 16.4. The van der Waals surface area contributed by atoms with Crippen LogP contribution in [0.15, 0.2) is 6.20 Å². The Morgan fingerprint density at radius 2 is 2.07 bits per heavy atom. The second-order valence-corrected chi connectivity index (χ2v) is 4.83. The average molecular weight is 210 g/mol. The van der Waals surface area contributed by atoms with Crippen molar-refractivity contribution in [2.75, 3.05) is 0 Å². The molecule has 1 heterocycles. The van der Waals surface area contributed by atoms with E-state index in [0.717, 1.165) is 11.3 Å². The normalized spacial score (nSPS) is 13.9. The summed E-state index contributed by atoms with van der Waals surface area (Å²) in [6.07, 6.45) is 1.65. The van der Waals surface area contributed by atoms with Crippen LogP contribution in [-0.4, -0.2) is 20.9 Å². The van der Waals surface area contributed by atoms with E-state index in [-0.39, 0.29) is 5.54 Å². The molecular formula is C11H18N2O2. The third-order valence-corrected chi connectivity index (χ3v) is 2.52. The molecule has 15 heavy (non-hydrogen) atoms. The molecule has 0 aromatic carbocycles. The van der Waals surface area contributed by atoms with Gasteiger partial charge in [0.2, 0.25) is 0 Å². The first-order valence-corrected chi connectivity index (χ1v) is 5.03. The van der Waals surface area contributed by atoms with Gasteiger partial charge in [-0.05, 0) is 34.6 Å². The van der Waals surface area contributed by atoms with Crippen LogP contribution in [0.25, 0.3) is 0 Å². The number of hydrogen-bond donors (Lipinski definition) is 1. The van der Waals surface area contributed by atoms with Crippen LogP contribution < -0.4 is 0 Å². The number of aromatic nitrogens is 2. The van der Waals surface area contributed by atoms with Crippen LogP contribution in [0.2, 0.25) is 0 Å². The maximum Gasteiger partial charge on any atom is 0.310 e. The Balaban J connectivity index is 3.15. The lowest BCUT2D eigenvalue weighted by molar-refractivity contribution is -0.138. The molecule has 84 valence electrons. The Hall–Kier alpha value is -1.32. The van der Waals surface area contributed by atoms with E-state index >= 15 is 0 Å². The van der Waals surface area contributed by atoms with E-state index in [0.29, 0.717) is 0 Å². The molecule has 0 saturated carbocycles. The SMILES string of the molecule is Cc1c(C(C)C(=O)O)cnn1C(C)(C)C. The van der Waals surface area contributed by atoms with Gasteiger partial charge in [-0.25, -0.2) is 0 Å². The summed E-state index contributed by atoms with van der Waals surface area (Å²) in [6, 6.07) is 0. The largest absolute Gasteiger partial charge is 0.481 e. The number of carboxylic acids is 1. The summed E-state index contributed by atoms with van der Waals surface area (Å²) in [7, 11) is 0. The van der Waals surface area contributed by atoms with Gasteiger partial charge in [-0.1, -0.05) is 0 Å². The van der Waals surface area contributed by atoms with Crippen LogP contribution in [0, 0.1) is 6.92 Å². The number of carboxylic acid groups (broad SMARTS) is 1. The third kappa shape index (κ3) is 2.19. The fourth-order valence-electron chi connectivity index (χ4n) is 1.66. The molecule has 1 N–H and O–H groups in total. The summed E-state index contributed by atoms with van der Waals surface area (Å²) < 4.78 is 1.86. The van der Waals surface area contributed by atoms with Gasteiger partial charge in [-0.2, -0.15) is 5.10 Å². The first-order valence-electron chi connectivity index (χ1n) is 5.03. The van der Waals surface area contributed by atoms with Crippen molar-refractivity contribution in [2.45, 2.75) is 46.1 Å². The van der Waals surface area contributed by atoms with Crippen molar-refractivity contribution >= 4 is 5.97 Å². The lowest BCUT2D eigenvalue weighted by Gasteiger charge is -2.21. The number of rotatable bonds is 2. The first-order chi connectivity index (χ1) is 6.75. The minimum atomic E-state index is -0.813. The molecule has 0 aliphatic rings. The molecule has 1 rings (SSSR count). The van der Waals surface area contributed by atoms with E-state index in [9.17, 15) is 4.79 Å². The van der Waals surface area contributed by atoms with Crippen LogP contribution in [0.1, 0.15) is 44.9 Å². The summed E-state index contributed by atoms with van der Waals surface area (Å²) in [4.78, 5) is 10.9. The Morgan fingerprint density at radius 3 is 2.40 bits per heavy atom. The van der Waals surface area contributed by atoms with Crippen molar-refractivity contribution in [3.05, 3.63) is 17.5 Å². The topological polar surface area (TPSA) is 55.1 Å². The molecule has 0 fully saturated rings.